The molecule has 0 bridgehead atoms. The topological polar surface area (TPSA) is 49.9 Å². The van der Waals surface area contributed by atoms with Crippen LogP contribution >= 0.6 is 11.6 Å². The summed E-state index contributed by atoms with van der Waals surface area (Å²) in [6, 6.07) is 6.49. The number of ether oxygens (including phenoxy) is 1. The predicted molar refractivity (Wildman–Crippen MR) is 94.8 cm³/mol. The zero-order chi connectivity index (χ0) is 17.4. The molecule has 2 aliphatic heterocycles. The molecule has 7 heteroatoms. The fourth-order valence-electron chi connectivity index (χ4n) is 3.76. The summed E-state index contributed by atoms with van der Waals surface area (Å²) < 4.78 is 32.7. The van der Waals surface area contributed by atoms with Gasteiger partial charge in [0, 0.05) is 36.9 Å². The highest BCUT2D eigenvalue weighted by Gasteiger charge is 2.53. The van der Waals surface area contributed by atoms with Gasteiger partial charge in [-0.05, 0) is 57.5 Å². The first-order valence-electron chi connectivity index (χ1n) is 8.42. The molecule has 0 aromatic heterocycles. The Bertz CT molecular complexity index is 687. The molecule has 2 fully saturated rings. The molecule has 2 heterocycles. The second-order valence-corrected chi connectivity index (χ2v) is 9.27. The maximum Gasteiger partial charge on any atom is 0.243 e. The molecule has 24 heavy (non-hydrogen) atoms. The van der Waals surface area contributed by atoms with E-state index >= 15 is 0 Å². The Morgan fingerprint density at radius 3 is 2.79 bits per heavy atom. The Hall–Kier alpha value is -0.660. The summed E-state index contributed by atoms with van der Waals surface area (Å²) in [5.41, 5.74) is -0.0499. The van der Waals surface area contributed by atoms with Crippen molar-refractivity contribution in [1.29, 1.82) is 0 Å². The van der Waals surface area contributed by atoms with Crippen LogP contribution in [0.2, 0.25) is 5.02 Å². The van der Waals surface area contributed by atoms with Gasteiger partial charge in [0.15, 0.2) is 0 Å². The van der Waals surface area contributed by atoms with Crippen LogP contribution in [-0.2, 0) is 14.8 Å². The molecule has 0 radical (unpaired) electrons. The van der Waals surface area contributed by atoms with Gasteiger partial charge in [-0.15, -0.1) is 0 Å². The van der Waals surface area contributed by atoms with Gasteiger partial charge in [0.1, 0.15) is 0 Å². The quantitative estimate of drug-likeness (QED) is 0.796. The summed E-state index contributed by atoms with van der Waals surface area (Å²) in [5.74, 6) is 0.511. The van der Waals surface area contributed by atoms with E-state index in [0.29, 0.717) is 24.0 Å². The van der Waals surface area contributed by atoms with Gasteiger partial charge in [-0.1, -0.05) is 17.7 Å². The van der Waals surface area contributed by atoms with Crippen LogP contribution in [0.3, 0.4) is 0 Å². The molecule has 134 valence electrons. The molecular weight excluding hydrogens is 348 g/mol. The van der Waals surface area contributed by atoms with E-state index in [0.717, 1.165) is 32.6 Å². The van der Waals surface area contributed by atoms with Crippen LogP contribution in [0.15, 0.2) is 29.2 Å². The maximum absolute atomic E-state index is 12.8. The van der Waals surface area contributed by atoms with E-state index < -0.39 is 10.0 Å². The van der Waals surface area contributed by atoms with Gasteiger partial charge in [0.05, 0.1) is 4.90 Å². The van der Waals surface area contributed by atoms with Gasteiger partial charge < -0.3 is 4.74 Å². The van der Waals surface area contributed by atoms with E-state index in [1.807, 2.05) is 6.92 Å². The van der Waals surface area contributed by atoms with E-state index in [-0.39, 0.29) is 10.4 Å². The van der Waals surface area contributed by atoms with Gasteiger partial charge >= 0.3 is 0 Å². The summed E-state index contributed by atoms with van der Waals surface area (Å²) in [6.07, 6.45) is 2.10. The van der Waals surface area contributed by atoms with Gasteiger partial charge in [0.2, 0.25) is 10.0 Å². The zero-order valence-corrected chi connectivity index (χ0v) is 15.8. The van der Waals surface area contributed by atoms with Crippen LogP contribution < -0.4 is 0 Å². The van der Waals surface area contributed by atoms with Crippen molar-refractivity contribution in [2.24, 2.45) is 5.92 Å². The normalized spacial score (nSPS) is 24.9. The molecule has 0 unspecified atom stereocenters. The van der Waals surface area contributed by atoms with Crippen molar-refractivity contribution in [3.8, 4) is 0 Å². The number of rotatable bonds is 5. The summed E-state index contributed by atoms with van der Waals surface area (Å²) >= 11 is 5.94. The molecule has 2 saturated heterocycles. The second kappa shape index (κ2) is 6.92. The average Bonchev–Trinajstić information content (AvgIpc) is 2.52. The van der Waals surface area contributed by atoms with Crippen molar-refractivity contribution in [3.63, 3.8) is 0 Å². The Morgan fingerprint density at radius 2 is 2.12 bits per heavy atom. The van der Waals surface area contributed by atoms with Crippen molar-refractivity contribution >= 4 is 21.6 Å². The lowest BCUT2D eigenvalue weighted by Gasteiger charge is -2.57. The van der Waals surface area contributed by atoms with Crippen molar-refractivity contribution in [1.82, 2.24) is 9.21 Å². The van der Waals surface area contributed by atoms with E-state index in [4.69, 9.17) is 16.3 Å². The molecule has 2 aliphatic rings. The summed E-state index contributed by atoms with van der Waals surface area (Å²) in [7, 11) is -1.37. The number of sulfonamides is 1. The van der Waals surface area contributed by atoms with Crippen LogP contribution in [0.5, 0.6) is 0 Å². The lowest BCUT2D eigenvalue weighted by Crippen LogP contribution is -2.72. The van der Waals surface area contributed by atoms with E-state index in [2.05, 4.69) is 11.9 Å². The highest BCUT2D eigenvalue weighted by molar-refractivity contribution is 7.89. The average molecular weight is 373 g/mol. The van der Waals surface area contributed by atoms with E-state index in [1.165, 1.54) is 6.07 Å². The molecule has 0 saturated carbocycles. The summed E-state index contributed by atoms with van der Waals surface area (Å²) in [5, 5.41) is 0.442. The van der Waals surface area contributed by atoms with Crippen LogP contribution in [0.1, 0.15) is 19.8 Å². The fourth-order valence-corrected chi connectivity index (χ4v) is 5.66. The molecule has 1 aromatic carbocycles. The molecule has 1 aromatic rings. The first kappa shape index (κ1) is 18.1. The highest BCUT2D eigenvalue weighted by atomic mass is 35.5. The van der Waals surface area contributed by atoms with Crippen LogP contribution in [0, 0.1) is 5.92 Å². The SMILES string of the molecule is CCOC[C@H]1CCN(C)C2(C1)CN(S(=O)(=O)c1cccc(Cl)c1)C2. The molecule has 0 amide bonds. The van der Waals surface area contributed by atoms with Crippen LogP contribution in [0.4, 0.5) is 0 Å². The number of benzene rings is 1. The number of likely N-dealkylation sites (N-methyl/N-ethyl adjacent to an activating group) is 1. The number of likely N-dealkylation sites (tertiary alicyclic amines) is 1. The van der Waals surface area contributed by atoms with E-state index in [9.17, 15) is 8.42 Å². The Kier molecular flexibility index (Phi) is 5.23. The molecule has 5 nitrogen and oxygen atoms in total. The monoisotopic (exact) mass is 372 g/mol. The van der Waals surface area contributed by atoms with Gasteiger partial charge in [-0.2, -0.15) is 4.31 Å². The maximum atomic E-state index is 12.8. The zero-order valence-electron chi connectivity index (χ0n) is 14.2. The minimum absolute atomic E-state index is 0.0499. The number of nitrogens with zero attached hydrogens (tertiary/aromatic N) is 2. The Labute approximate surface area is 149 Å². The van der Waals surface area contributed by atoms with Crippen LogP contribution in [0.25, 0.3) is 0 Å². The van der Waals surface area contributed by atoms with Crippen molar-refractivity contribution in [2.45, 2.75) is 30.2 Å². The molecule has 0 N–H and O–H groups in total. The smallest absolute Gasteiger partial charge is 0.243 e. The molecule has 1 spiro atoms. The highest BCUT2D eigenvalue weighted by Crippen LogP contribution is 2.40. The standard InChI is InChI=1S/C17H25ClN2O3S/c1-3-23-11-14-7-8-19(2)17(10-14)12-20(13-17)24(21,22)16-6-4-5-15(18)9-16/h4-6,9,14H,3,7-8,10-13H2,1-2H3/t14-/m0/s1. The first-order valence-corrected chi connectivity index (χ1v) is 10.2. The van der Waals surface area contributed by atoms with Crippen LogP contribution in [-0.4, -0.2) is 63.1 Å². The minimum atomic E-state index is -3.47. The number of hydrogen-bond donors (Lipinski definition) is 0. The number of hydrogen-bond acceptors (Lipinski definition) is 4. The summed E-state index contributed by atoms with van der Waals surface area (Å²) in [4.78, 5) is 2.59. The fraction of sp³-hybridized carbons (Fsp3) is 0.647. The van der Waals surface area contributed by atoms with Crippen molar-refractivity contribution in [3.05, 3.63) is 29.3 Å². The van der Waals surface area contributed by atoms with Gasteiger partial charge in [-0.25, -0.2) is 8.42 Å². The largest absolute Gasteiger partial charge is 0.381 e. The lowest BCUT2D eigenvalue weighted by atomic mass is 9.77. The second-order valence-electron chi connectivity index (χ2n) is 6.89. The third-order valence-electron chi connectivity index (χ3n) is 5.28. The van der Waals surface area contributed by atoms with Crippen molar-refractivity contribution < 1.29 is 13.2 Å². The third-order valence-corrected chi connectivity index (χ3v) is 7.31. The van der Waals surface area contributed by atoms with E-state index in [1.54, 1.807) is 22.5 Å². The Balaban J connectivity index is 1.70. The predicted octanol–water partition coefficient (Wildman–Crippen LogP) is 2.46. The first-order chi connectivity index (χ1) is 11.4. The molecule has 3 rings (SSSR count). The Morgan fingerprint density at radius 1 is 1.38 bits per heavy atom. The molecular formula is C17H25ClN2O3S. The molecule has 0 aliphatic carbocycles. The van der Waals surface area contributed by atoms with Crippen molar-refractivity contribution in [2.75, 3.05) is 39.9 Å². The lowest BCUT2D eigenvalue weighted by molar-refractivity contribution is -0.0576. The minimum Gasteiger partial charge on any atom is -0.381 e. The number of piperidine rings is 1. The van der Waals surface area contributed by atoms with Gasteiger partial charge in [0.25, 0.3) is 0 Å². The molecule has 1 atom stereocenters. The summed E-state index contributed by atoms with van der Waals surface area (Å²) in [6.45, 7) is 5.58. The van der Waals surface area contributed by atoms with Gasteiger partial charge in [-0.3, -0.25) is 4.90 Å². The third kappa shape index (κ3) is 3.35. The number of halogens is 1.